The standard InChI is InChI=1S/C21H28N4O.ClH/c1-2-14-6-12-17(13-7-14)25-19-5-3-4-18(19)20(24-25)21(26)23-16-10-8-15(22)9-11-16;/h6-7,12-13,15-16H,2-5,8-11,22H2,1H3,(H,23,26);1H. The first-order valence-electron chi connectivity index (χ1n) is 9.92. The summed E-state index contributed by atoms with van der Waals surface area (Å²) in [4.78, 5) is 12.9. The molecule has 0 saturated heterocycles. The molecule has 0 bridgehead atoms. The number of nitrogens with two attached hydrogens (primary N) is 1. The molecule has 2 aliphatic rings. The molecule has 1 saturated carbocycles. The quantitative estimate of drug-likeness (QED) is 0.843. The number of halogens is 1. The van der Waals surface area contributed by atoms with E-state index in [1.807, 2.05) is 4.68 Å². The van der Waals surface area contributed by atoms with Gasteiger partial charge in [0.2, 0.25) is 0 Å². The van der Waals surface area contributed by atoms with Crippen LogP contribution in [-0.4, -0.2) is 27.8 Å². The summed E-state index contributed by atoms with van der Waals surface area (Å²) in [7, 11) is 0. The summed E-state index contributed by atoms with van der Waals surface area (Å²) in [6, 6.07) is 9.02. The second-order valence-corrected chi connectivity index (χ2v) is 7.64. The fourth-order valence-electron chi connectivity index (χ4n) is 4.22. The molecule has 5 nitrogen and oxygen atoms in total. The van der Waals surface area contributed by atoms with Crippen LogP contribution in [0, 0.1) is 0 Å². The van der Waals surface area contributed by atoms with Crippen molar-refractivity contribution >= 4 is 18.3 Å². The van der Waals surface area contributed by atoms with E-state index in [4.69, 9.17) is 10.8 Å². The molecule has 0 radical (unpaired) electrons. The van der Waals surface area contributed by atoms with E-state index in [9.17, 15) is 4.79 Å². The summed E-state index contributed by atoms with van der Waals surface area (Å²) in [6.45, 7) is 2.15. The normalized spacial score (nSPS) is 21.4. The van der Waals surface area contributed by atoms with Crippen molar-refractivity contribution in [3.05, 3.63) is 46.8 Å². The summed E-state index contributed by atoms with van der Waals surface area (Å²) >= 11 is 0. The monoisotopic (exact) mass is 388 g/mol. The second-order valence-electron chi connectivity index (χ2n) is 7.64. The molecule has 0 atom stereocenters. The van der Waals surface area contributed by atoms with E-state index in [0.29, 0.717) is 5.69 Å². The van der Waals surface area contributed by atoms with Gasteiger partial charge < -0.3 is 11.1 Å². The molecule has 0 unspecified atom stereocenters. The Morgan fingerprint density at radius 3 is 2.56 bits per heavy atom. The molecule has 3 N–H and O–H groups in total. The molecule has 146 valence electrons. The third kappa shape index (κ3) is 4.04. The number of benzene rings is 1. The van der Waals surface area contributed by atoms with E-state index in [1.165, 1.54) is 11.3 Å². The summed E-state index contributed by atoms with van der Waals surface area (Å²) < 4.78 is 1.98. The number of carbonyl (C=O) groups excluding carboxylic acids is 1. The topological polar surface area (TPSA) is 72.9 Å². The van der Waals surface area contributed by atoms with Gasteiger partial charge in [-0.15, -0.1) is 12.4 Å². The number of hydrogen-bond acceptors (Lipinski definition) is 3. The first-order chi connectivity index (χ1) is 12.7. The second kappa shape index (κ2) is 8.44. The van der Waals surface area contributed by atoms with Crippen LogP contribution in [0.1, 0.15) is 66.3 Å². The zero-order valence-electron chi connectivity index (χ0n) is 15.9. The number of nitrogens with zero attached hydrogens (tertiary/aromatic N) is 2. The van der Waals surface area contributed by atoms with Crippen LogP contribution in [0.4, 0.5) is 0 Å². The van der Waals surface area contributed by atoms with Crippen LogP contribution in [0.3, 0.4) is 0 Å². The van der Waals surface area contributed by atoms with Gasteiger partial charge in [0, 0.05) is 23.3 Å². The molecule has 1 heterocycles. The zero-order chi connectivity index (χ0) is 18.1. The highest BCUT2D eigenvalue weighted by Crippen LogP contribution is 2.28. The molecule has 1 amide bonds. The molecule has 1 aromatic heterocycles. The lowest BCUT2D eigenvalue weighted by atomic mass is 9.92. The van der Waals surface area contributed by atoms with Gasteiger partial charge in [0.1, 0.15) is 0 Å². The fraction of sp³-hybridized carbons (Fsp3) is 0.524. The molecular weight excluding hydrogens is 360 g/mol. The lowest BCUT2D eigenvalue weighted by Crippen LogP contribution is -2.40. The maximum atomic E-state index is 12.9. The minimum atomic E-state index is -0.0208. The van der Waals surface area contributed by atoms with Gasteiger partial charge in [-0.2, -0.15) is 5.10 Å². The smallest absolute Gasteiger partial charge is 0.272 e. The van der Waals surface area contributed by atoms with E-state index >= 15 is 0 Å². The van der Waals surface area contributed by atoms with Crippen LogP contribution < -0.4 is 11.1 Å². The van der Waals surface area contributed by atoms with E-state index in [2.05, 4.69) is 36.5 Å². The van der Waals surface area contributed by atoms with Crippen molar-refractivity contribution in [2.24, 2.45) is 5.73 Å². The van der Waals surface area contributed by atoms with Crippen LogP contribution in [0.5, 0.6) is 0 Å². The van der Waals surface area contributed by atoms with Crippen LogP contribution >= 0.6 is 12.4 Å². The summed E-state index contributed by atoms with van der Waals surface area (Å²) in [6.07, 6.45) is 7.96. The Kier molecular flexibility index (Phi) is 6.22. The van der Waals surface area contributed by atoms with Crippen molar-refractivity contribution in [1.82, 2.24) is 15.1 Å². The Morgan fingerprint density at radius 1 is 1.19 bits per heavy atom. The van der Waals surface area contributed by atoms with Gasteiger partial charge in [-0.25, -0.2) is 4.68 Å². The first kappa shape index (κ1) is 19.9. The van der Waals surface area contributed by atoms with Crippen molar-refractivity contribution in [3.8, 4) is 5.69 Å². The Labute approximate surface area is 167 Å². The Hall–Kier alpha value is -1.85. The lowest BCUT2D eigenvalue weighted by Gasteiger charge is -2.26. The molecule has 1 aromatic carbocycles. The van der Waals surface area contributed by atoms with Gasteiger partial charge in [-0.3, -0.25) is 4.79 Å². The number of carbonyl (C=O) groups is 1. The molecule has 2 aliphatic carbocycles. The number of nitrogens with one attached hydrogen (secondary N) is 1. The highest BCUT2D eigenvalue weighted by molar-refractivity contribution is 5.94. The Bertz CT molecular complexity index is 791. The largest absolute Gasteiger partial charge is 0.348 e. The minimum absolute atomic E-state index is 0. The highest BCUT2D eigenvalue weighted by Gasteiger charge is 2.28. The average molecular weight is 389 g/mol. The van der Waals surface area contributed by atoms with Gasteiger partial charge in [-0.05, 0) is 69.1 Å². The van der Waals surface area contributed by atoms with E-state index in [-0.39, 0.29) is 30.4 Å². The molecule has 4 rings (SSSR count). The fourth-order valence-corrected chi connectivity index (χ4v) is 4.22. The first-order valence-corrected chi connectivity index (χ1v) is 9.92. The van der Waals surface area contributed by atoms with Gasteiger partial charge in [0.15, 0.2) is 5.69 Å². The number of hydrogen-bond donors (Lipinski definition) is 2. The molecule has 6 heteroatoms. The molecule has 27 heavy (non-hydrogen) atoms. The zero-order valence-corrected chi connectivity index (χ0v) is 16.7. The molecule has 2 aromatic rings. The van der Waals surface area contributed by atoms with Crippen LogP contribution in [0.15, 0.2) is 24.3 Å². The number of amides is 1. The SMILES string of the molecule is CCc1ccc(-n2nc(C(=O)NC3CCC(N)CC3)c3c2CCC3)cc1.Cl. The molecular formula is C21H29ClN4O. The van der Waals surface area contributed by atoms with Gasteiger partial charge >= 0.3 is 0 Å². The highest BCUT2D eigenvalue weighted by atomic mass is 35.5. The molecule has 0 aliphatic heterocycles. The molecule has 0 spiro atoms. The van der Waals surface area contributed by atoms with Crippen molar-refractivity contribution in [1.29, 1.82) is 0 Å². The Morgan fingerprint density at radius 2 is 1.89 bits per heavy atom. The summed E-state index contributed by atoms with van der Waals surface area (Å²) in [5.41, 5.74) is 11.3. The van der Waals surface area contributed by atoms with E-state index in [0.717, 1.165) is 62.6 Å². The van der Waals surface area contributed by atoms with Gasteiger partial charge in [0.25, 0.3) is 5.91 Å². The van der Waals surface area contributed by atoms with Gasteiger partial charge in [-0.1, -0.05) is 19.1 Å². The predicted molar refractivity (Wildman–Crippen MR) is 110 cm³/mol. The van der Waals surface area contributed by atoms with Crippen LogP contribution in [0.2, 0.25) is 0 Å². The van der Waals surface area contributed by atoms with Gasteiger partial charge in [0.05, 0.1) is 5.69 Å². The van der Waals surface area contributed by atoms with Crippen LogP contribution in [-0.2, 0) is 19.3 Å². The van der Waals surface area contributed by atoms with Crippen molar-refractivity contribution in [2.75, 3.05) is 0 Å². The predicted octanol–water partition coefficient (Wildman–Crippen LogP) is 3.34. The maximum Gasteiger partial charge on any atom is 0.272 e. The third-order valence-corrected chi connectivity index (χ3v) is 5.84. The third-order valence-electron chi connectivity index (χ3n) is 5.84. The van der Waals surface area contributed by atoms with E-state index in [1.54, 1.807) is 0 Å². The number of fused-ring (bicyclic) bond motifs is 1. The number of aromatic nitrogens is 2. The van der Waals surface area contributed by atoms with Crippen molar-refractivity contribution in [2.45, 2.75) is 70.4 Å². The number of rotatable bonds is 4. The lowest BCUT2D eigenvalue weighted by molar-refractivity contribution is 0.0919. The van der Waals surface area contributed by atoms with E-state index < -0.39 is 0 Å². The molecule has 1 fully saturated rings. The van der Waals surface area contributed by atoms with Crippen molar-refractivity contribution in [3.63, 3.8) is 0 Å². The number of aryl methyl sites for hydroxylation is 1. The summed E-state index contributed by atoms with van der Waals surface area (Å²) in [5, 5.41) is 7.92. The summed E-state index contributed by atoms with van der Waals surface area (Å²) in [5.74, 6) is -0.0208. The van der Waals surface area contributed by atoms with Crippen molar-refractivity contribution < 1.29 is 4.79 Å². The maximum absolute atomic E-state index is 12.9. The average Bonchev–Trinajstić information content (AvgIpc) is 3.26. The Balaban J connectivity index is 0.00000210. The minimum Gasteiger partial charge on any atom is -0.348 e. The van der Waals surface area contributed by atoms with Crippen LogP contribution in [0.25, 0.3) is 5.69 Å².